The first kappa shape index (κ1) is 30.9. The molecule has 47 heavy (non-hydrogen) atoms. The van der Waals surface area contributed by atoms with Crippen molar-refractivity contribution in [1.82, 2.24) is 24.4 Å². The van der Waals surface area contributed by atoms with E-state index in [0.717, 1.165) is 11.0 Å². The average Bonchev–Trinajstić information content (AvgIpc) is 3.35. The van der Waals surface area contributed by atoms with Gasteiger partial charge in [0.25, 0.3) is 5.56 Å². The van der Waals surface area contributed by atoms with Gasteiger partial charge >= 0.3 is 0 Å². The molecule has 0 bridgehead atoms. The molecule has 1 spiro atoms. The quantitative estimate of drug-likeness (QED) is 0.259. The van der Waals surface area contributed by atoms with Crippen LogP contribution in [0.25, 0.3) is 38.2 Å². The number of likely N-dealkylation sites (tertiary alicyclic amines) is 1. The Morgan fingerprint density at radius 1 is 1.15 bits per heavy atom. The van der Waals surface area contributed by atoms with Crippen LogP contribution in [0.1, 0.15) is 31.0 Å². The number of aromatic nitrogens is 4. The number of thiazole rings is 1. The van der Waals surface area contributed by atoms with Crippen molar-refractivity contribution in [2.75, 3.05) is 43.1 Å². The normalized spacial score (nSPS) is 15.8. The number of fused-ring (bicyclic) bond motifs is 2. The number of anilines is 2. The van der Waals surface area contributed by atoms with Crippen LogP contribution in [0.2, 0.25) is 0 Å². The minimum absolute atomic E-state index is 0.0510. The average molecular weight is 674 g/mol. The summed E-state index contributed by atoms with van der Waals surface area (Å²) in [6, 6.07) is 8.27. The molecule has 0 radical (unpaired) electrons. The lowest BCUT2D eigenvalue weighted by atomic mass is 9.72. The van der Waals surface area contributed by atoms with Crippen molar-refractivity contribution in [2.24, 2.45) is 5.41 Å². The Hall–Kier alpha value is -4.69. The number of nitrogen functional groups attached to an aromatic ring is 1. The highest BCUT2D eigenvalue weighted by molar-refractivity contribution is 7.90. The van der Waals surface area contributed by atoms with Gasteiger partial charge < -0.3 is 15.5 Å². The number of nitrogens with zero attached hydrogens (tertiary/aromatic N) is 6. The van der Waals surface area contributed by atoms with Gasteiger partial charge in [-0.25, -0.2) is 22.8 Å². The van der Waals surface area contributed by atoms with Crippen molar-refractivity contribution < 1.29 is 17.6 Å². The van der Waals surface area contributed by atoms with Crippen molar-refractivity contribution in [3.05, 3.63) is 76.6 Å². The second-order valence-electron chi connectivity index (χ2n) is 12.8. The van der Waals surface area contributed by atoms with Gasteiger partial charge in [0.15, 0.2) is 25.5 Å². The first-order chi connectivity index (χ1) is 22.2. The van der Waals surface area contributed by atoms with E-state index in [1.165, 1.54) is 28.0 Å². The van der Waals surface area contributed by atoms with E-state index in [9.17, 15) is 18.0 Å². The summed E-state index contributed by atoms with van der Waals surface area (Å²) in [5.41, 5.74) is 7.56. The highest BCUT2D eigenvalue weighted by Gasteiger charge is 2.54. The number of para-hydroxylation sites is 1. The molecule has 14 heteroatoms. The fourth-order valence-corrected chi connectivity index (χ4v) is 8.66. The van der Waals surface area contributed by atoms with Crippen molar-refractivity contribution >= 4 is 59.2 Å². The van der Waals surface area contributed by atoms with Gasteiger partial charge in [0.2, 0.25) is 5.91 Å². The highest BCUT2D eigenvalue weighted by atomic mass is 32.2. The number of sulfone groups is 1. The van der Waals surface area contributed by atoms with E-state index in [2.05, 4.69) is 16.5 Å². The highest BCUT2D eigenvalue weighted by Crippen LogP contribution is 2.46. The number of aryl methyl sites for hydroxylation is 1. The molecule has 0 atom stereocenters. The number of pyridine rings is 3. The molecule has 1 aromatic carbocycles. The van der Waals surface area contributed by atoms with E-state index in [1.54, 1.807) is 34.2 Å². The maximum Gasteiger partial charge on any atom is 0.277 e. The van der Waals surface area contributed by atoms with Crippen molar-refractivity contribution in [3.63, 3.8) is 0 Å². The van der Waals surface area contributed by atoms with Crippen molar-refractivity contribution in [1.29, 1.82) is 0 Å². The molecule has 2 fully saturated rings. The molecule has 242 valence electrons. The summed E-state index contributed by atoms with van der Waals surface area (Å²) < 4.78 is 45.5. The number of amides is 1. The summed E-state index contributed by atoms with van der Waals surface area (Å²) in [6.45, 7) is 10.9. The summed E-state index contributed by atoms with van der Waals surface area (Å²) in [5, 5.41) is 0.483. The van der Waals surface area contributed by atoms with Gasteiger partial charge in [0, 0.05) is 55.0 Å². The van der Waals surface area contributed by atoms with Crippen molar-refractivity contribution in [3.8, 4) is 16.9 Å². The van der Waals surface area contributed by atoms with Gasteiger partial charge in [-0.1, -0.05) is 43.9 Å². The van der Waals surface area contributed by atoms with Crippen LogP contribution in [-0.4, -0.2) is 71.2 Å². The third-order valence-corrected chi connectivity index (χ3v) is 10.9. The van der Waals surface area contributed by atoms with E-state index in [0.29, 0.717) is 59.3 Å². The van der Waals surface area contributed by atoms with Gasteiger partial charge in [-0.15, -0.1) is 0 Å². The number of carbonyl (C=O) groups excluding carboxylic acids is 1. The monoisotopic (exact) mass is 673 g/mol. The minimum Gasteiger partial charge on any atom is -0.375 e. The Morgan fingerprint density at radius 2 is 1.87 bits per heavy atom. The van der Waals surface area contributed by atoms with Crippen LogP contribution in [-0.2, 0) is 14.6 Å². The maximum absolute atomic E-state index is 16.4. The molecule has 6 heterocycles. The molecule has 2 aliphatic rings. The first-order valence-corrected chi connectivity index (χ1v) is 17.7. The summed E-state index contributed by atoms with van der Waals surface area (Å²) in [6.07, 6.45) is 3.88. The van der Waals surface area contributed by atoms with E-state index in [4.69, 9.17) is 10.7 Å². The lowest BCUT2D eigenvalue weighted by molar-refractivity contribution is -0.139. The summed E-state index contributed by atoms with van der Waals surface area (Å²) >= 11 is 1.26. The third-order valence-electron chi connectivity index (χ3n) is 8.93. The summed E-state index contributed by atoms with van der Waals surface area (Å²) in [7, 11) is -4.15. The fraction of sp³-hybridized carbons (Fsp3) is 0.303. The molecule has 7 rings (SSSR count). The van der Waals surface area contributed by atoms with Gasteiger partial charge in [0.05, 0.1) is 27.3 Å². The molecule has 0 saturated carbocycles. The largest absolute Gasteiger partial charge is 0.375 e. The van der Waals surface area contributed by atoms with Crippen LogP contribution in [0, 0.1) is 18.2 Å². The van der Waals surface area contributed by atoms with Crippen LogP contribution < -0.4 is 16.2 Å². The van der Waals surface area contributed by atoms with Crippen LogP contribution in [0.5, 0.6) is 0 Å². The molecule has 2 N–H and O–H groups in total. The lowest BCUT2D eigenvalue weighted by Crippen LogP contribution is -2.73. The maximum atomic E-state index is 16.4. The number of rotatable bonds is 6. The zero-order valence-corrected chi connectivity index (χ0v) is 27.9. The van der Waals surface area contributed by atoms with Gasteiger partial charge in [-0.2, -0.15) is 0 Å². The molecule has 4 aromatic heterocycles. The van der Waals surface area contributed by atoms with Crippen LogP contribution in [0.3, 0.4) is 0 Å². The molecule has 2 saturated heterocycles. The van der Waals surface area contributed by atoms with Gasteiger partial charge in [0.1, 0.15) is 11.5 Å². The number of carbonyl (C=O) groups is 1. The summed E-state index contributed by atoms with van der Waals surface area (Å²) in [4.78, 5) is 43.6. The standard InChI is InChI=1S/C33H32FN7O4S2/c1-6-23(42)39-13-33(14-39)15-40(16-33)28-20-12-21(34)25(19-8-7-9-22-26(19)38-32(35)46-22)37-30(20)41(31(43)29(28)47(5,44)45)27-18(4)10-11-36-24(27)17(2)3/h6-12,17H,1,13-16H2,2-5H3,(H2,35,38). The summed E-state index contributed by atoms with van der Waals surface area (Å²) in [5.74, 6) is -1.03. The number of benzene rings is 1. The van der Waals surface area contributed by atoms with Crippen molar-refractivity contribution in [2.45, 2.75) is 31.6 Å². The molecule has 0 aliphatic carbocycles. The predicted molar refractivity (Wildman–Crippen MR) is 181 cm³/mol. The molecule has 11 nitrogen and oxygen atoms in total. The Balaban J connectivity index is 1.54. The molecular weight excluding hydrogens is 642 g/mol. The molecule has 0 unspecified atom stereocenters. The molecule has 5 aromatic rings. The SMILES string of the molecule is C=CC(=O)N1CC2(C1)CN(c1c(S(C)(=O)=O)c(=O)n(-c3c(C)ccnc3C(C)C)c3nc(-c4cccc5sc(N)nc45)c(F)cc13)C2. The predicted octanol–water partition coefficient (Wildman–Crippen LogP) is 4.45. The third kappa shape index (κ3) is 4.80. The van der Waals surface area contributed by atoms with Crippen LogP contribution in [0.15, 0.2) is 58.9 Å². The van der Waals surface area contributed by atoms with E-state index in [1.807, 2.05) is 26.8 Å². The van der Waals surface area contributed by atoms with E-state index < -0.39 is 26.1 Å². The number of hydrogen-bond donors (Lipinski definition) is 1. The Bertz CT molecular complexity index is 2340. The smallest absolute Gasteiger partial charge is 0.277 e. The molecule has 1 amide bonds. The Morgan fingerprint density at radius 3 is 2.53 bits per heavy atom. The Labute approximate surface area is 274 Å². The van der Waals surface area contributed by atoms with Crippen LogP contribution in [0.4, 0.5) is 15.2 Å². The van der Waals surface area contributed by atoms with Crippen LogP contribution >= 0.6 is 11.3 Å². The number of halogens is 1. The molecular formula is C33H32FN7O4S2. The number of nitrogens with two attached hydrogens (primary N) is 1. The van der Waals surface area contributed by atoms with E-state index >= 15 is 4.39 Å². The lowest BCUT2D eigenvalue weighted by Gasteiger charge is -2.61. The fourth-order valence-electron chi connectivity index (χ4n) is 6.90. The first-order valence-electron chi connectivity index (χ1n) is 15.0. The van der Waals surface area contributed by atoms with Gasteiger partial charge in [-0.05, 0) is 42.7 Å². The minimum atomic E-state index is -4.15. The zero-order valence-electron chi connectivity index (χ0n) is 26.2. The Kier molecular flexibility index (Phi) is 7.02. The van der Waals surface area contributed by atoms with Gasteiger partial charge in [-0.3, -0.25) is 19.1 Å². The molecule has 2 aliphatic heterocycles. The van der Waals surface area contributed by atoms with E-state index in [-0.39, 0.29) is 39.7 Å². The topological polar surface area (TPSA) is 144 Å². The second kappa shape index (κ2) is 10.7. The number of hydrogen-bond acceptors (Lipinski definition) is 10. The zero-order chi connectivity index (χ0) is 33.6. The second-order valence-corrected chi connectivity index (χ2v) is 15.8.